The highest BCUT2D eigenvalue weighted by Crippen LogP contribution is 2.30. The summed E-state index contributed by atoms with van der Waals surface area (Å²) in [6.45, 7) is 0.458. The van der Waals surface area contributed by atoms with Gasteiger partial charge < -0.3 is 15.1 Å². The van der Waals surface area contributed by atoms with Crippen LogP contribution in [-0.4, -0.2) is 34.8 Å². The summed E-state index contributed by atoms with van der Waals surface area (Å²) in [6, 6.07) is 4.76. The van der Waals surface area contributed by atoms with E-state index in [1.807, 2.05) is 11.9 Å². The lowest BCUT2D eigenvalue weighted by Gasteiger charge is -2.35. The van der Waals surface area contributed by atoms with Crippen LogP contribution in [0.2, 0.25) is 0 Å². The molecule has 6 heteroatoms. The Morgan fingerprint density at radius 2 is 2.16 bits per heavy atom. The van der Waals surface area contributed by atoms with E-state index in [0.717, 1.165) is 25.1 Å². The van der Waals surface area contributed by atoms with Gasteiger partial charge in [-0.3, -0.25) is 10.1 Å². The fourth-order valence-electron chi connectivity index (χ4n) is 2.46. The first kappa shape index (κ1) is 13.8. The van der Waals surface area contributed by atoms with Gasteiger partial charge in [0.2, 0.25) is 0 Å². The number of nitrogens with zero attached hydrogens (tertiary/aromatic N) is 2. The molecule has 0 aromatic heterocycles. The predicted octanol–water partition coefficient (Wildman–Crippen LogP) is 1.29. The Morgan fingerprint density at radius 3 is 2.68 bits per heavy atom. The molecule has 104 valence electrons. The lowest BCUT2D eigenvalue weighted by molar-refractivity contribution is -0.385. The minimum atomic E-state index is -0.488. The van der Waals surface area contributed by atoms with Gasteiger partial charge in [-0.15, -0.1) is 0 Å². The van der Waals surface area contributed by atoms with Gasteiger partial charge in [-0.1, -0.05) is 0 Å². The molecule has 0 heterocycles. The predicted molar refractivity (Wildman–Crippen MR) is 71.0 cm³/mol. The first-order chi connectivity index (χ1) is 9.01. The molecule has 0 saturated heterocycles. The Kier molecular flexibility index (Phi) is 4.01. The van der Waals surface area contributed by atoms with Crippen molar-refractivity contribution >= 4 is 11.4 Å². The third kappa shape index (κ3) is 3.02. The van der Waals surface area contributed by atoms with Crippen molar-refractivity contribution < 1.29 is 15.1 Å². The van der Waals surface area contributed by atoms with Gasteiger partial charge in [0.05, 0.1) is 23.2 Å². The molecule has 1 saturated carbocycles. The van der Waals surface area contributed by atoms with Crippen LogP contribution < -0.4 is 4.90 Å². The highest BCUT2D eigenvalue weighted by molar-refractivity contribution is 5.55. The van der Waals surface area contributed by atoms with Crippen molar-refractivity contribution in [2.75, 3.05) is 18.5 Å². The highest BCUT2D eigenvalue weighted by Gasteiger charge is 2.28. The third-order valence-corrected chi connectivity index (χ3v) is 3.61. The van der Waals surface area contributed by atoms with Gasteiger partial charge in [-0.25, -0.2) is 0 Å². The van der Waals surface area contributed by atoms with Crippen molar-refractivity contribution in [2.45, 2.75) is 25.6 Å². The lowest BCUT2D eigenvalue weighted by Crippen LogP contribution is -2.37. The largest absolute Gasteiger partial charge is 0.393 e. The molecule has 2 rings (SSSR count). The summed E-state index contributed by atoms with van der Waals surface area (Å²) in [6.07, 6.45) is 1.44. The van der Waals surface area contributed by atoms with Crippen LogP contribution in [-0.2, 0) is 6.61 Å². The molecule has 1 aliphatic carbocycles. The zero-order valence-corrected chi connectivity index (χ0v) is 10.8. The molecular formula is C13H18N2O4. The SMILES string of the molecule is CN(CC1CC(O)C1)c1ccc([N+](=O)[O-])c(CO)c1. The number of rotatable bonds is 5. The Hall–Kier alpha value is -1.66. The minimum Gasteiger partial charge on any atom is -0.393 e. The summed E-state index contributed by atoms with van der Waals surface area (Å²) in [5, 5.41) is 29.2. The molecule has 1 fully saturated rings. The smallest absolute Gasteiger partial charge is 0.275 e. The number of nitro groups is 1. The molecule has 0 unspecified atom stereocenters. The van der Waals surface area contributed by atoms with E-state index in [9.17, 15) is 20.3 Å². The molecule has 19 heavy (non-hydrogen) atoms. The Morgan fingerprint density at radius 1 is 1.47 bits per heavy atom. The Balaban J connectivity index is 2.09. The van der Waals surface area contributed by atoms with Crippen molar-refractivity contribution in [1.82, 2.24) is 0 Å². The van der Waals surface area contributed by atoms with Crippen molar-refractivity contribution in [3.8, 4) is 0 Å². The summed E-state index contributed by atoms with van der Waals surface area (Å²) in [7, 11) is 1.91. The minimum absolute atomic E-state index is 0.0567. The van der Waals surface area contributed by atoms with E-state index < -0.39 is 4.92 Å². The van der Waals surface area contributed by atoms with E-state index >= 15 is 0 Å². The third-order valence-electron chi connectivity index (χ3n) is 3.61. The van der Waals surface area contributed by atoms with Crippen molar-refractivity contribution in [3.05, 3.63) is 33.9 Å². The van der Waals surface area contributed by atoms with Crippen molar-refractivity contribution in [2.24, 2.45) is 5.92 Å². The van der Waals surface area contributed by atoms with Crippen LogP contribution in [0.3, 0.4) is 0 Å². The molecule has 0 amide bonds. The van der Waals surface area contributed by atoms with Crippen molar-refractivity contribution in [3.63, 3.8) is 0 Å². The van der Waals surface area contributed by atoms with E-state index in [1.165, 1.54) is 6.07 Å². The lowest BCUT2D eigenvalue weighted by atomic mass is 9.82. The van der Waals surface area contributed by atoms with E-state index in [1.54, 1.807) is 12.1 Å². The van der Waals surface area contributed by atoms with Gasteiger partial charge in [-0.2, -0.15) is 0 Å². The van der Waals surface area contributed by atoms with E-state index in [4.69, 9.17) is 0 Å². The van der Waals surface area contributed by atoms with E-state index in [-0.39, 0.29) is 18.4 Å². The number of benzene rings is 1. The van der Waals surface area contributed by atoms with Crippen LogP contribution in [0.15, 0.2) is 18.2 Å². The number of aliphatic hydroxyl groups excluding tert-OH is 2. The average Bonchev–Trinajstić information content (AvgIpc) is 2.35. The molecule has 1 aromatic carbocycles. The second-order valence-corrected chi connectivity index (χ2v) is 5.10. The molecule has 0 radical (unpaired) electrons. The zero-order chi connectivity index (χ0) is 14.0. The first-order valence-electron chi connectivity index (χ1n) is 6.28. The maximum absolute atomic E-state index is 10.8. The number of hydrogen-bond donors (Lipinski definition) is 2. The fraction of sp³-hybridized carbons (Fsp3) is 0.538. The van der Waals surface area contributed by atoms with Crippen LogP contribution in [0.5, 0.6) is 0 Å². The van der Waals surface area contributed by atoms with Gasteiger partial charge in [0.1, 0.15) is 0 Å². The van der Waals surface area contributed by atoms with Crippen LogP contribution in [0.1, 0.15) is 18.4 Å². The number of anilines is 1. The number of hydrogen-bond acceptors (Lipinski definition) is 5. The molecule has 2 N–H and O–H groups in total. The standard InChI is InChI=1S/C13H18N2O4/c1-14(7-9-4-12(17)5-9)11-2-3-13(15(18)19)10(6-11)8-16/h2-3,6,9,12,16-17H,4-5,7-8H2,1H3. The number of aliphatic hydroxyl groups is 2. The Bertz CT molecular complexity index is 472. The molecule has 0 spiro atoms. The van der Waals surface area contributed by atoms with Crippen LogP contribution in [0, 0.1) is 16.0 Å². The molecule has 0 bridgehead atoms. The van der Waals surface area contributed by atoms with E-state index in [2.05, 4.69) is 0 Å². The monoisotopic (exact) mass is 266 g/mol. The summed E-state index contributed by atoms with van der Waals surface area (Å²) < 4.78 is 0. The van der Waals surface area contributed by atoms with Gasteiger partial charge in [0.15, 0.2) is 0 Å². The molecule has 1 aromatic rings. The fourth-order valence-corrected chi connectivity index (χ4v) is 2.46. The van der Waals surface area contributed by atoms with Crippen LogP contribution in [0.4, 0.5) is 11.4 Å². The van der Waals surface area contributed by atoms with Gasteiger partial charge in [0.25, 0.3) is 5.69 Å². The normalized spacial score (nSPS) is 21.8. The van der Waals surface area contributed by atoms with E-state index in [0.29, 0.717) is 11.5 Å². The summed E-state index contributed by atoms with van der Waals surface area (Å²) in [5.74, 6) is 0.466. The average molecular weight is 266 g/mol. The molecule has 0 aliphatic heterocycles. The van der Waals surface area contributed by atoms with Crippen LogP contribution >= 0.6 is 0 Å². The summed E-state index contributed by atoms with van der Waals surface area (Å²) in [5.41, 5.74) is 1.11. The molecular weight excluding hydrogens is 248 g/mol. The second kappa shape index (κ2) is 5.54. The summed E-state index contributed by atoms with van der Waals surface area (Å²) in [4.78, 5) is 12.3. The van der Waals surface area contributed by atoms with Gasteiger partial charge in [-0.05, 0) is 30.9 Å². The second-order valence-electron chi connectivity index (χ2n) is 5.10. The van der Waals surface area contributed by atoms with Crippen LogP contribution in [0.25, 0.3) is 0 Å². The highest BCUT2D eigenvalue weighted by atomic mass is 16.6. The maximum atomic E-state index is 10.8. The van der Waals surface area contributed by atoms with Gasteiger partial charge in [0, 0.05) is 25.3 Å². The topological polar surface area (TPSA) is 86.8 Å². The maximum Gasteiger partial charge on any atom is 0.275 e. The van der Waals surface area contributed by atoms with Gasteiger partial charge >= 0.3 is 0 Å². The van der Waals surface area contributed by atoms with Crippen molar-refractivity contribution in [1.29, 1.82) is 0 Å². The summed E-state index contributed by atoms with van der Waals surface area (Å²) >= 11 is 0. The molecule has 6 nitrogen and oxygen atoms in total. The quantitative estimate of drug-likeness (QED) is 0.619. The zero-order valence-electron chi connectivity index (χ0n) is 10.8. The Labute approximate surface area is 111 Å². The first-order valence-corrected chi connectivity index (χ1v) is 6.28. The number of nitro benzene ring substituents is 1. The molecule has 0 atom stereocenters. The molecule has 1 aliphatic rings.